The molecule has 1 fully saturated rings. The Labute approximate surface area is 109 Å². The maximum atomic E-state index is 12.1. The first-order valence-electron chi connectivity index (χ1n) is 6.01. The molecule has 0 aliphatic carbocycles. The van der Waals surface area contributed by atoms with Crippen LogP contribution in [0.15, 0.2) is 0 Å². The highest BCUT2D eigenvalue weighted by Crippen LogP contribution is 2.13. The molecule has 0 aromatic rings. The summed E-state index contributed by atoms with van der Waals surface area (Å²) in [6, 6.07) is -0.195. The smallest absolute Gasteiger partial charge is 0.279 e. The van der Waals surface area contributed by atoms with Gasteiger partial charge in [0.25, 0.3) is 10.2 Å². The van der Waals surface area contributed by atoms with Crippen molar-refractivity contribution in [1.82, 2.24) is 9.03 Å². The van der Waals surface area contributed by atoms with Crippen LogP contribution in [0.1, 0.15) is 39.0 Å². The molecule has 0 bridgehead atoms. The van der Waals surface area contributed by atoms with Crippen molar-refractivity contribution in [1.29, 1.82) is 0 Å². The molecule has 0 radical (unpaired) electrons. The van der Waals surface area contributed by atoms with E-state index in [9.17, 15) is 8.42 Å². The Bertz CT molecular complexity index is 351. The van der Waals surface area contributed by atoms with Gasteiger partial charge in [-0.3, -0.25) is 0 Å². The monoisotopic (exact) mass is 279 g/mol. The number of nitrogens with zero attached hydrogens (tertiary/aromatic N) is 1. The third kappa shape index (κ3) is 4.87. The maximum Gasteiger partial charge on any atom is 0.279 e. The molecule has 1 unspecified atom stereocenters. The lowest BCUT2D eigenvalue weighted by atomic mass is 10.2. The molecule has 1 heterocycles. The molecule has 17 heavy (non-hydrogen) atoms. The van der Waals surface area contributed by atoms with E-state index in [1.54, 1.807) is 0 Å². The standard InChI is InChI=1S/C10H21N3O2S2/c1-2-9(8-10(11)16)12-17(14,15)13-6-4-3-5-7-13/h9,12H,2-8H2,1H3,(H2,11,16). The first-order chi connectivity index (χ1) is 7.95. The van der Waals surface area contributed by atoms with Crippen molar-refractivity contribution in [2.75, 3.05) is 13.1 Å². The Hall–Kier alpha value is -0.240. The number of piperidine rings is 1. The summed E-state index contributed by atoms with van der Waals surface area (Å²) >= 11 is 4.81. The van der Waals surface area contributed by atoms with Crippen LogP contribution in [0, 0.1) is 0 Å². The molecule has 0 aromatic heterocycles. The zero-order chi connectivity index (χ0) is 12.9. The van der Waals surface area contributed by atoms with Crippen LogP contribution in [0.25, 0.3) is 0 Å². The summed E-state index contributed by atoms with van der Waals surface area (Å²) in [5.41, 5.74) is 5.45. The van der Waals surface area contributed by atoms with Crippen LogP contribution in [0.4, 0.5) is 0 Å². The van der Waals surface area contributed by atoms with Crippen LogP contribution in [-0.4, -0.2) is 36.8 Å². The molecule has 5 nitrogen and oxygen atoms in total. The van der Waals surface area contributed by atoms with Gasteiger partial charge in [-0.15, -0.1) is 0 Å². The van der Waals surface area contributed by atoms with E-state index in [-0.39, 0.29) is 6.04 Å². The van der Waals surface area contributed by atoms with E-state index in [1.165, 1.54) is 4.31 Å². The minimum absolute atomic E-state index is 0.195. The number of thiocarbonyl (C=S) groups is 1. The predicted molar refractivity (Wildman–Crippen MR) is 73.0 cm³/mol. The summed E-state index contributed by atoms with van der Waals surface area (Å²) in [7, 11) is -3.37. The van der Waals surface area contributed by atoms with Gasteiger partial charge in [0.2, 0.25) is 0 Å². The molecule has 1 rings (SSSR count). The fourth-order valence-electron chi connectivity index (χ4n) is 1.90. The van der Waals surface area contributed by atoms with Crippen LogP contribution in [0.5, 0.6) is 0 Å². The highest BCUT2D eigenvalue weighted by molar-refractivity contribution is 7.87. The lowest BCUT2D eigenvalue weighted by Crippen LogP contribution is -2.47. The molecule has 0 amide bonds. The average molecular weight is 279 g/mol. The van der Waals surface area contributed by atoms with Crippen molar-refractivity contribution in [3.63, 3.8) is 0 Å². The number of nitrogens with two attached hydrogens (primary N) is 1. The van der Waals surface area contributed by atoms with Crippen LogP contribution < -0.4 is 10.5 Å². The van der Waals surface area contributed by atoms with Crippen LogP contribution >= 0.6 is 12.2 Å². The van der Waals surface area contributed by atoms with Crippen molar-refractivity contribution in [3.05, 3.63) is 0 Å². The van der Waals surface area contributed by atoms with Gasteiger partial charge in [0.1, 0.15) is 0 Å². The fourth-order valence-corrected chi connectivity index (χ4v) is 3.66. The Morgan fingerprint density at radius 1 is 1.41 bits per heavy atom. The largest absolute Gasteiger partial charge is 0.393 e. The summed E-state index contributed by atoms with van der Waals surface area (Å²) in [5, 5.41) is 0. The van der Waals surface area contributed by atoms with Crippen LogP contribution in [-0.2, 0) is 10.2 Å². The van der Waals surface area contributed by atoms with E-state index >= 15 is 0 Å². The molecule has 3 N–H and O–H groups in total. The summed E-state index contributed by atoms with van der Waals surface area (Å²) < 4.78 is 28.3. The second-order valence-corrected chi connectivity index (χ2v) is 6.58. The molecule has 1 aliphatic heterocycles. The fraction of sp³-hybridized carbons (Fsp3) is 0.900. The Balaban J connectivity index is 2.59. The number of rotatable bonds is 6. The lowest BCUT2D eigenvalue weighted by molar-refractivity contribution is 0.338. The summed E-state index contributed by atoms with van der Waals surface area (Å²) in [6.07, 6.45) is 4.08. The zero-order valence-electron chi connectivity index (χ0n) is 10.2. The van der Waals surface area contributed by atoms with Crippen molar-refractivity contribution in [2.24, 2.45) is 5.73 Å². The maximum absolute atomic E-state index is 12.1. The molecule has 1 saturated heterocycles. The van der Waals surface area contributed by atoms with Crippen molar-refractivity contribution in [2.45, 2.75) is 45.1 Å². The molecular formula is C10H21N3O2S2. The van der Waals surface area contributed by atoms with Crippen molar-refractivity contribution >= 4 is 27.4 Å². The molecule has 0 saturated carbocycles. The zero-order valence-corrected chi connectivity index (χ0v) is 11.8. The first-order valence-corrected chi connectivity index (χ1v) is 7.86. The summed E-state index contributed by atoms with van der Waals surface area (Å²) in [4.78, 5) is 0.346. The molecule has 0 aromatic carbocycles. The SMILES string of the molecule is CCC(CC(N)=S)NS(=O)(=O)N1CCCCC1. The Kier molecular flexibility index (Phi) is 5.78. The number of nitrogens with one attached hydrogen (secondary N) is 1. The molecule has 100 valence electrons. The number of hydrogen-bond donors (Lipinski definition) is 2. The number of hydrogen-bond acceptors (Lipinski definition) is 3. The second kappa shape index (κ2) is 6.63. The van der Waals surface area contributed by atoms with Gasteiger partial charge in [0.15, 0.2) is 0 Å². The third-order valence-electron chi connectivity index (χ3n) is 2.91. The predicted octanol–water partition coefficient (Wildman–Crippen LogP) is 0.761. The highest BCUT2D eigenvalue weighted by atomic mass is 32.2. The van der Waals surface area contributed by atoms with Crippen molar-refractivity contribution < 1.29 is 8.42 Å². The summed E-state index contributed by atoms with van der Waals surface area (Å²) in [5.74, 6) is 0. The Morgan fingerprint density at radius 3 is 2.47 bits per heavy atom. The van der Waals surface area contributed by atoms with Gasteiger partial charge in [-0.25, -0.2) is 0 Å². The van der Waals surface area contributed by atoms with Crippen molar-refractivity contribution in [3.8, 4) is 0 Å². The Morgan fingerprint density at radius 2 is 2.00 bits per heavy atom. The lowest BCUT2D eigenvalue weighted by Gasteiger charge is -2.28. The quantitative estimate of drug-likeness (QED) is 0.704. The van der Waals surface area contributed by atoms with E-state index in [0.29, 0.717) is 30.9 Å². The summed E-state index contributed by atoms with van der Waals surface area (Å²) in [6.45, 7) is 3.14. The molecule has 0 spiro atoms. The molecule has 7 heteroatoms. The first kappa shape index (κ1) is 14.8. The van der Waals surface area contributed by atoms with Crippen LogP contribution in [0.3, 0.4) is 0 Å². The van der Waals surface area contributed by atoms with E-state index < -0.39 is 10.2 Å². The average Bonchev–Trinajstić information content (AvgIpc) is 2.28. The normalized spacial score (nSPS) is 20.1. The van der Waals surface area contributed by atoms with Gasteiger partial charge >= 0.3 is 0 Å². The molecule has 1 aliphatic rings. The second-order valence-electron chi connectivity index (χ2n) is 4.36. The van der Waals surface area contributed by atoms with Gasteiger partial charge in [-0.05, 0) is 19.3 Å². The van der Waals surface area contributed by atoms with Gasteiger partial charge in [0, 0.05) is 25.6 Å². The van der Waals surface area contributed by atoms with E-state index in [4.69, 9.17) is 18.0 Å². The molecular weight excluding hydrogens is 258 g/mol. The third-order valence-corrected chi connectivity index (χ3v) is 4.75. The van der Waals surface area contributed by atoms with Gasteiger partial charge in [0.05, 0.1) is 4.99 Å². The minimum atomic E-state index is -3.37. The van der Waals surface area contributed by atoms with Gasteiger partial charge in [-0.1, -0.05) is 25.6 Å². The van der Waals surface area contributed by atoms with Gasteiger partial charge in [-0.2, -0.15) is 17.4 Å². The van der Waals surface area contributed by atoms with Crippen LogP contribution in [0.2, 0.25) is 0 Å². The van der Waals surface area contributed by atoms with E-state index in [2.05, 4.69) is 4.72 Å². The highest BCUT2D eigenvalue weighted by Gasteiger charge is 2.26. The van der Waals surface area contributed by atoms with E-state index in [0.717, 1.165) is 19.3 Å². The minimum Gasteiger partial charge on any atom is -0.393 e. The van der Waals surface area contributed by atoms with Gasteiger partial charge < -0.3 is 5.73 Å². The molecule has 1 atom stereocenters. The topological polar surface area (TPSA) is 75.4 Å². The van der Waals surface area contributed by atoms with E-state index in [1.807, 2.05) is 6.92 Å².